The summed E-state index contributed by atoms with van der Waals surface area (Å²) in [6.45, 7) is 3.89. The highest BCUT2D eigenvalue weighted by atomic mass is 16.5. The summed E-state index contributed by atoms with van der Waals surface area (Å²) in [7, 11) is 0. The van der Waals surface area contributed by atoms with E-state index in [2.05, 4.69) is 0 Å². The Bertz CT molecular complexity index is 321. The highest BCUT2D eigenvalue weighted by Crippen LogP contribution is 2.08. The van der Waals surface area contributed by atoms with Crippen molar-refractivity contribution < 1.29 is 9.53 Å². The molecule has 1 unspecified atom stereocenters. The minimum absolute atomic E-state index is 0.299. The smallest absolute Gasteiger partial charge is 0.322 e. The van der Waals surface area contributed by atoms with Crippen LogP contribution in [0.15, 0.2) is 24.3 Å². The van der Waals surface area contributed by atoms with E-state index in [4.69, 9.17) is 10.5 Å². The number of ether oxygens (including phenoxy) is 1. The molecule has 0 amide bonds. The Hall–Kier alpha value is -1.35. The molecule has 1 aromatic rings. The molecule has 0 aliphatic rings. The predicted octanol–water partition coefficient (Wildman–Crippen LogP) is 1.39. The van der Waals surface area contributed by atoms with Gasteiger partial charge in [-0.15, -0.1) is 0 Å². The third-order valence-corrected chi connectivity index (χ3v) is 2.00. The van der Waals surface area contributed by atoms with Gasteiger partial charge in [0.25, 0.3) is 0 Å². The van der Waals surface area contributed by atoms with Crippen LogP contribution in [0.1, 0.15) is 18.1 Å². The molecule has 0 radical (unpaired) electrons. The Morgan fingerprint density at radius 2 is 2.14 bits per heavy atom. The molecule has 0 spiro atoms. The number of carbonyl (C=O) groups excluding carboxylic acids is 1. The first-order valence-corrected chi connectivity index (χ1v) is 4.58. The van der Waals surface area contributed by atoms with Crippen LogP contribution in [0.2, 0.25) is 0 Å². The van der Waals surface area contributed by atoms with Crippen LogP contribution in [0.5, 0.6) is 0 Å². The maximum absolute atomic E-state index is 11.1. The lowest BCUT2D eigenvalue weighted by molar-refractivity contribution is -0.146. The van der Waals surface area contributed by atoms with E-state index in [0.29, 0.717) is 6.61 Å². The lowest BCUT2D eigenvalue weighted by atomic mass is 10.1. The van der Waals surface area contributed by atoms with Crippen LogP contribution in [-0.4, -0.2) is 12.0 Å². The van der Waals surface area contributed by atoms with E-state index in [1.807, 2.05) is 31.2 Å². The van der Waals surface area contributed by atoms with Gasteiger partial charge in [0.05, 0.1) is 0 Å². The van der Waals surface area contributed by atoms with Crippen molar-refractivity contribution in [2.45, 2.75) is 26.5 Å². The topological polar surface area (TPSA) is 52.3 Å². The summed E-state index contributed by atoms with van der Waals surface area (Å²) in [6.07, 6.45) is 0. The van der Waals surface area contributed by atoms with E-state index in [1.165, 1.54) is 0 Å². The molecule has 0 saturated heterocycles. The second-order valence-corrected chi connectivity index (χ2v) is 3.32. The summed E-state index contributed by atoms with van der Waals surface area (Å²) in [4.78, 5) is 11.1. The summed E-state index contributed by atoms with van der Waals surface area (Å²) in [5.41, 5.74) is 7.49. The van der Waals surface area contributed by atoms with Gasteiger partial charge in [0.1, 0.15) is 12.6 Å². The zero-order chi connectivity index (χ0) is 10.6. The Balaban J connectivity index is 2.54. The molecule has 0 aliphatic carbocycles. The summed E-state index contributed by atoms with van der Waals surface area (Å²) < 4.78 is 5.01. The molecule has 1 aromatic carbocycles. The molecule has 0 fully saturated rings. The Labute approximate surface area is 83.9 Å². The number of carbonyl (C=O) groups is 1. The van der Waals surface area contributed by atoms with E-state index in [1.54, 1.807) is 6.92 Å². The lowest BCUT2D eigenvalue weighted by Crippen LogP contribution is -2.28. The number of rotatable bonds is 3. The predicted molar refractivity (Wildman–Crippen MR) is 54.6 cm³/mol. The number of hydrogen-bond donors (Lipinski definition) is 1. The van der Waals surface area contributed by atoms with Gasteiger partial charge in [0, 0.05) is 0 Å². The quantitative estimate of drug-likeness (QED) is 0.738. The number of aryl methyl sites for hydroxylation is 1. The van der Waals surface area contributed by atoms with E-state index in [0.717, 1.165) is 11.1 Å². The fourth-order valence-corrected chi connectivity index (χ4v) is 1.05. The van der Waals surface area contributed by atoms with Gasteiger partial charge in [-0.1, -0.05) is 24.3 Å². The van der Waals surface area contributed by atoms with Crippen molar-refractivity contribution in [1.29, 1.82) is 0 Å². The summed E-state index contributed by atoms with van der Waals surface area (Å²) >= 11 is 0. The standard InChI is InChI=1S/C11H15NO2/c1-8-5-3-4-6-10(8)7-14-11(13)9(2)12/h3-6,9H,7,12H2,1-2H3. The monoisotopic (exact) mass is 193 g/mol. The zero-order valence-electron chi connectivity index (χ0n) is 8.49. The molecule has 0 aliphatic heterocycles. The van der Waals surface area contributed by atoms with Crippen molar-refractivity contribution in [3.05, 3.63) is 35.4 Å². The van der Waals surface area contributed by atoms with Crippen LogP contribution in [0.4, 0.5) is 0 Å². The molecule has 0 bridgehead atoms. The average Bonchev–Trinajstić information content (AvgIpc) is 2.16. The van der Waals surface area contributed by atoms with Crippen molar-refractivity contribution in [2.75, 3.05) is 0 Å². The molecule has 0 saturated carbocycles. The van der Waals surface area contributed by atoms with Gasteiger partial charge < -0.3 is 10.5 Å². The Kier molecular flexibility index (Phi) is 3.65. The van der Waals surface area contributed by atoms with Gasteiger partial charge in [-0.2, -0.15) is 0 Å². The SMILES string of the molecule is Cc1ccccc1COC(=O)C(C)N. The molecule has 0 aromatic heterocycles. The summed E-state index contributed by atoms with van der Waals surface area (Å²) in [6, 6.07) is 7.23. The van der Waals surface area contributed by atoms with Crippen LogP contribution < -0.4 is 5.73 Å². The van der Waals surface area contributed by atoms with Gasteiger partial charge in [0.15, 0.2) is 0 Å². The largest absolute Gasteiger partial charge is 0.460 e. The molecule has 76 valence electrons. The first-order chi connectivity index (χ1) is 6.61. The highest BCUT2D eigenvalue weighted by Gasteiger charge is 2.08. The minimum atomic E-state index is -0.556. The first kappa shape index (κ1) is 10.7. The Morgan fingerprint density at radius 3 is 2.71 bits per heavy atom. The molecule has 3 heteroatoms. The van der Waals surface area contributed by atoms with E-state index < -0.39 is 6.04 Å². The van der Waals surface area contributed by atoms with Crippen molar-refractivity contribution in [2.24, 2.45) is 5.73 Å². The summed E-state index contributed by atoms with van der Waals surface area (Å²) in [5, 5.41) is 0. The van der Waals surface area contributed by atoms with Gasteiger partial charge in [-0.05, 0) is 25.0 Å². The Morgan fingerprint density at radius 1 is 1.50 bits per heavy atom. The number of hydrogen-bond acceptors (Lipinski definition) is 3. The van der Waals surface area contributed by atoms with Gasteiger partial charge in [-0.3, -0.25) is 4.79 Å². The molecular weight excluding hydrogens is 178 g/mol. The van der Waals surface area contributed by atoms with Gasteiger partial charge in [0.2, 0.25) is 0 Å². The maximum atomic E-state index is 11.1. The van der Waals surface area contributed by atoms with Crippen LogP contribution in [0.25, 0.3) is 0 Å². The fraction of sp³-hybridized carbons (Fsp3) is 0.364. The zero-order valence-corrected chi connectivity index (χ0v) is 8.49. The van der Waals surface area contributed by atoms with Crippen LogP contribution in [0, 0.1) is 6.92 Å². The molecule has 0 heterocycles. The third kappa shape index (κ3) is 2.85. The minimum Gasteiger partial charge on any atom is -0.460 e. The third-order valence-electron chi connectivity index (χ3n) is 2.00. The lowest BCUT2D eigenvalue weighted by Gasteiger charge is -2.08. The number of benzene rings is 1. The fourth-order valence-electron chi connectivity index (χ4n) is 1.05. The molecular formula is C11H15NO2. The van der Waals surface area contributed by atoms with Crippen molar-refractivity contribution in [3.63, 3.8) is 0 Å². The molecule has 3 nitrogen and oxygen atoms in total. The highest BCUT2D eigenvalue weighted by molar-refractivity contribution is 5.74. The van der Waals surface area contributed by atoms with Crippen molar-refractivity contribution in [3.8, 4) is 0 Å². The van der Waals surface area contributed by atoms with Gasteiger partial charge in [-0.25, -0.2) is 0 Å². The van der Waals surface area contributed by atoms with E-state index >= 15 is 0 Å². The molecule has 14 heavy (non-hydrogen) atoms. The van der Waals surface area contributed by atoms with Gasteiger partial charge >= 0.3 is 5.97 Å². The second kappa shape index (κ2) is 4.77. The van der Waals surface area contributed by atoms with Crippen LogP contribution >= 0.6 is 0 Å². The van der Waals surface area contributed by atoms with Crippen LogP contribution in [-0.2, 0) is 16.1 Å². The van der Waals surface area contributed by atoms with Crippen molar-refractivity contribution in [1.82, 2.24) is 0 Å². The van der Waals surface area contributed by atoms with Crippen molar-refractivity contribution >= 4 is 5.97 Å². The number of esters is 1. The first-order valence-electron chi connectivity index (χ1n) is 4.58. The van der Waals surface area contributed by atoms with Crippen LogP contribution in [0.3, 0.4) is 0 Å². The molecule has 1 atom stereocenters. The molecule has 1 rings (SSSR count). The van der Waals surface area contributed by atoms with E-state index in [9.17, 15) is 4.79 Å². The van der Waals surface area contributed by atoms with E-state index in [-0.39, 0.29) is 5.97 Å². The maximum Gasteiger partial charge on any atom is 0.322 e. The molecule has 2 N–H and O–H groups in total. The normalized spacial score (nSPS) is 12.2. The second-order valence-electron chi connectivity index (χ2n) is 3.32. The average molecular weight is 193 g/mol. The summed E-state index contributed by atoms with van der Waals surface area (Å²) in [5.74, 6) is -0.367. The number of nitrogens with two attached hydrogens (primary N) is 1.